The van der Waals surface area contributed by atoms with Gasteiger partial charge in [-0.1, -0.05) is 0 Å². The number of carbonyl (C=O) groups is 1. The number of rotatable bonds is 10. The van der Waals surface area contributed by atoms with Crippen LogP contribution < -0.4 is 19.5 Å². The lowest BCUT2D eigenvalue weighted by molar-refractivity contribution is 0.0729. The van der Waals surface area contributed by atoms with Gasteiger partial charge in [0.15, 0.2) is 11.5 Å². The Morgan fingerprint density at radius 2 is 1.97 bits per heavy atom. The molecule has 10 heteroatoms. The molecule has 2 aromatic rings. The number of aryl methyl sites for hydroxylation is 1. The third-order valence-corrected chi connectivity index (χ3v) is 5.96. The smallest absolute Gasteiger partial charge is 0.323 e. The molecule has 1 aromatic heterocycles. The maximum atomic E-state index is 12.9. The van der Waals surface area contributed by atoms with Crippen LogP contribution in [0.5, 0.6) is 17.2 Å². The topological polar surface area (TPSA) is 99.4 Å². The maximum Gasteiger partial charge on any atom is 0.323 e. The van der Waals surface area contributed by atoms with Crippen LogP contribution in [0.3, 0.4) is 0 Å². The monoisotopic (exact) mass is 469 g/mol. The van der Waals surface area contributed by atoms with Gasteiger partial charge in [0.25, 0.3) is 0 Å². The molecule has 0 aliphatic carbocycles. The van der Waals surface area contributed by atoms with Crippen molar-refractivity contribution in [3.05, 3.63) is 48.8 Å². The van der Waals surface area contributed by atoms with Crippen molar-refractivity contribution < 1.29 is 23.7 Å². The lowest BCUT2D eigenvalue weighted by Crippen LogP contribution is -2.46. The first-order chi connectivity index (χ1) is 16.6. The third kappa shape index (κ3) is 5.11. The zero-order valence-electron chi connectivity index (χ0n) is 19.8. The van der Waals surface area contributed by atoms with E-state index in [9.17, 15) is 4.79 Å². The van der Waals surface area contributed by atoms with Gasteiger partial charge in [-0.05, 0) is 43.0 Å². The van der Waals surface area contributed by atoms with Crippen LogP contribution in [0.25, 0.3) is 0 Å². The average molecular weight is 470 g/mol. The van der Waals surface area contributed by atoms with Crippen molar-refractivity contribution >= 4 is 11.9 Å². The van der Waals surface area contributed by atoms with Crippen LogP contribution in [-0.2, 0) is 17.8 Å². The summed E-state index contributed by atoms with van der Waals surface area (Å²) in [6.07, 6.45) is 11.5. The van der Waals surface area contributed by atoms with Crippen LogP contribution in [0, 0.1) is 0 Å². The van der Waals surface area contributed by atoms with Crippen molar-refractivity contribution in [1.82, 2.24) is 19.8 Å². The van der Waals surface area contributed by atoms with Gasteiger partial charge in [-0.25, -0.2) is 9.78 Å². The van der Waals surface area contributed by atoms with E-state index in [4.69, 9.17) is 23.9 Å². The number of urea groups is 1. The SMILES string of the molecule is COc1cc(C/N=C2/NC(=O)N(CCCn3ccnc3)C2C2CCC=CO2)cc(OC)c1OC. The fraction of sp³-hybridized carbons (Fsp3) is 0.458. The number of nitrogens with zero attached hydrogens (tertiary/aromatic N) is 4. The summed E-state index contributed by atoms with van der Waals surface area (Å²) >= 11 is 0. The number of nitrogens with one attached hydrogen (secondary N) is 1. The molecule has 2 unspecified atom stereocenters. The molecule has 4 rings (SSSR count). The number of amides is 2. The number of benzene rings is 1. The van der Waals surface area contributed by atoms with E-state index in [0.717, 1.165) is 31.4 Å². The summed E-state index contributed by atoms with van der Waals surface area (Å²) in [5.74, 6) is 2.26. The molecular formula is C24H31N5O5. The van der Waals surface area contributed by atoms with Gasteiger partial charge in [-0.15, -0.1) is 0 Å². The van der Waals surface area contributed by atoms with Crippen LogP contribution in [0.4, 0.5) is 4.79 Å². The maximum absolute atomic E-state index is 12.9. The second-order valence-electron chi connectivity index (χ2n) is 8.08. The first-order valence-corrected chi connectivity index (χ1v) is 11.3. The number of ether oxygens (including phenoxy) is 4. The third-order valence-electron chi connectivity index (χ3n) is 5.96. The quantitative estimate of drug-likeness (QED) is 0.574. The van der Waals surface area contributed by atoms with E-state index in [1.165, 1.54) is 0 Å². The van der Waals surface area contributed by atoms with Gasteiger partial charge in [-0.2, -0.15) is 0 Å². The van der Waals surface area contributed by atoms with Crippen LogP contribution in [0.1, 0.15) is 24.8 Å². The number of aromatic nitrogens is 2. The molecule has 1 saturated heterocycles. The Kier molecular flexibility index (Phi) is 7.56. The van der Waals surface area contributed by atoms with Crippen LogP contribution >= 0.6 is 0 Å². The molecule has 10 nitrogen and oxygen atoms in total. The summed E-state index contributed by atoms with van der Waals surface area (Å²) in [6, 6.07) is 3.29. The Labute approximate surface area is 199 Å². The van der Waals surface area contributed by atoms with Crippen molar-refractivity contribution in [1.29, 1.82) is 0 Å². The van der Waals surface area contributed by atoms with E-state index in [0.29, 0.717) is 36.2 Å². The van der Waals surface area contributed by atoms with Crippen molar-refractivity contribution in [2.45, 2.75) is 44.5 Å². The molecule has 1 fully saturated rings. The number of allylic oxidation sites excluding steroid dienone is 1. The summed E-state index contributed by atoms with van der Waals surface area (Å²) in [5, 5.41) is 2.97. The Balaban J connectivity index is 1.54. The number of methoxy groups -OCH3 is 3. The standard InChI is InChI=1S/C24H31N5O5/c1-31-19-13-17(14-20(32-2)22(19)33-3)15-26-23-21(18-7-4-5-12-34-18)29(24(30)27-23)10-6-9-28-11-8-25-16-28/h5,8,11-14,16,18,21H,4,6-7,9-10,15H2,1-3H3,(H,26,27,30). The van der Waals surface area contributed by atoms with E-state index < -0.39 is 0 Å². The minimum atomic E-state index is -0.276. The van der Waals surface area contributed by atoms with Crippen LogP contribution in [-0.4, -0.2) is 66.3 Å². The number of aliphatic imine (C=N–C) groups is 1. The van der Waals surface area contributed by atoms with E-state index in [1.807, 2.05) is 33.9 Å². The number of carbonyl (C=O) groups excluding carboxylic acids is 1. The van der Waals surface area contributed by atoms with E-state index in [2.05, 4.69) is 10.3 Å². The highest BCUT2D eigenvalue weighted by Gasteiger charge is 2.42. The summed E-state index contributed by atoms with van der Waals surface area (Å²) < 4.78 is 24.2. The minimum Gasteiger partial charge on any atom is -0.496 e. The van der Waals surface area contributed by atoms with Gasteiger partial charge in [0, 0.05) is 25.5 Å². The van der Waals surface area contributed by atoms with E-state index >= 15 is 0 Å². The van der Waals surface area contributed by atoms with Gasteiger partial charge in [0.05, 0.1) is 40.5 Å². The van der Waals surface area contributed by atoms with E-state index in [-0.39, 0.29) is 18.2 Å². The Morgan fingerprint density at radius 3 is 2.59 bits per heavy atom. The van der Waals surface area contributed by atoms with Gasteiger partial charge >= 0.3 is 6.03 Å². The zero-order chi connectivity index (χ0) is 23.9. The number of hydrogen-bond acceptors (Lipinski definition) is 7. The predicted octanol–water partition coefficient (Wildman–Crippen LogP) is 2.98. The molecule has 34 heavy (non-hydrogen) atoms. The molecule has 0 radical (unpaired) electrons. The molecule has 2 amide bonds. The molecule has 2 aliphatic rings. The Hall–Kier alpha value is -3.69. The fourth-order valence-corrected chi connectivity index (χ4v) is 4.31. The molecule has 3 heterocycles. The van der Waals surface area contributed by atoms with Gasteiger partial charge < -0.3 is 28.4 Å². The summed E-state index contributed by atoms with van der Waals surface area (Å²) in [7, 11) is 4.73. The minimum absolute atomic E-state index is 0.155. The Bertz CT molecular complexity index is 1010. The van der Waals surface area contributed by atoms with Gasteiger partial charge in [0.1, 0.15) is 18.0 Å². The zero-order valence-corrected chi connectivity index (χ0v) is 19.8. The summed E-state index contributed by atoms with van der Waals surface area (Å²) in [5.41, 5.74) is 0.873. The first kappa shape index (κ1) is 23.5. The van der Waals surface area contributed by atoms with E-state index in [1.54, 1.807) is 40.1 Å². The molecule has 1 N–H and O–H groups in total. The van der Waals surface area contributed by atoms with Crippen LogP contribution in [0.15, 0.2) is 48.2 Å². The lowest BCUT2D eigenvalue weighted by atomic mass is 10.0. The number of imidazole rings is 1. The molecule has 1 aromatic carbocycles. The largest absolute Gasteiger partial charge is 0.496 e. The molecular weight excluding hydrogens is 438 g/mol. The van der Waals surface area contributed by atoms with Gasteiger partial charge in [-0.3, -0.25) is 10.3 Å². The Morgan fingerprint density at radius 1 is 1.18 bits per heavy atom. The lowest BCUT2D eigenvalue weighted by Gasteiger charge is -2.31. The highest BCUT2D eigenvalue weighted by atomic mass is 16.5. The highest BCUT2D eigenvalue weighted by molar-refractivity contribution is 6.07. The molecule has 0 bridgehead atoms. The summed E-state index contributed by atoms with van der Waals surface area (Å²) in [6.45, 7) is 1.70. The predicted molar refractivity (Wildman–Crippen MR) is 126 cm³/mol. The van der Waals surface area contributed by atoms with Crippen molar-refractivity contribution in [2.75, 3.05) is 27.9 Å². The number of amidine groups is 1. The molecule has 2 atom stereocenters. The normalized spacial score (nSPS) is 20.9. The second kappa shape index (κ2) is 11.0. The van der Waals surface area contributed by atoms with Gasteiger partial charge in [0.2, 0.25) is 5.75 Å². The highest BCUT2D eigenvalue weighted by Crippen LogP contribution is 2.38. The molecule has 0 spiro atoms. The average Bonchev–Trinajstić information content (AvgIpc) is 3.50. The van der Waals surface area contributed by atoms with Crippen molar-refractivity contribution in [3.8, 4) is 17.2 Å². The molecule has 0 saturated carbocycles. The molecule has 2 aliphatic heterocycles. The fourth-order valence-electron chi connectivity index (χ4n) is 4.31. The van der Waals surface area contributed by atoms with Crippen molar-refractivity contribution in [3.63, 3.8) is 0 Å². The van der Waals surface area contributed by atoms with Crippen molar-refractivity contribution in [2.24, 2.45) is 4.99 Å². The summed E-state index contributed by atoms with van der Waals surface area (Å²) in [4.78, 5) is 23.6. The first-order valence-electron chi connectivity index (χ1n) is 11.3. The number of hydrogen-bond donors (Lipinski definition) is 1. The second-order valence-corrected chi connectivity index (χ2v) is 8.08. The van der Waals surface area contributed by atoms with Crippen LogP contribution in [0.2, 0.25) is 0 Å². The molecule has 182 valence electrons.